The van der Waals surface area contributed by atoms with Gasteiger partial charge in [-0.25, -0.2) is 0 Å². The number of ketones is 1. The van der Waals surface area contributed by atoms with Gasteiger partial charge in [-0.15, -0.1) is 0 Å². The fourth-order valence-corrected chi connectivity index (χ4v) is 3.38. The normalized spacial score (nSPS) is 11.0. The predicted molar refractivity (Wildman–Crippen MR) is 126 cm³/mol. The molecule has 0 radical (unpaired) electrons. The lowest BCUT2D eigenvalue weighted by Crippen LogP contribution is -2.05. The van der Waals surface area contributed by atoms with Crippen LogP contribution in [-0.4, -0.2) is 46.4 Å². The van der Waals surface area contributed by atoms with Crippen molar-refractivity contribution in [3.05, 3.63) is 71.3 Å². The highest BCUT2D eigenvalue weighted by atomic mass is 16.5. The minimum atomic E-state index is -0.269. The van der Waals surface area contributed by atoms with Gasteiger partial charge in [0, 0.05) is 11.1 Å². The molecule has 0 unspecified atom stereocenters. The fourth-order valence-electron chi connectivity index (χ4n) is 3.38. The average Bonchev–Trinajstić information content (AvgIpc) is 2.86. The number of benzene rings is 3. The number of carbonyl (C=O) groups excluding carboxylic acids is 1. The highest BCUT2D eigenvalue weighted by molar-refractivity contribution is 6.32. The smallest absolute Gasteiger partial charge is 0.203 e. The van der Waals surface area contributed by atoms with Crippen LogP contribution in [0.3, 0.4) is 0 Å². The highest BCUT2D eigenvalue weighted by Gasteiger charge is 2.21. The zero-order chi connectivity index (χ0) is 24.0. The zero-order valence-electron chi connectivity index (χ0n) is 19.2. The average molecular weight is 450 g/mol. The molecule has 0 aliphatic heterocycles. The number of ether oxygens (including phenoxy) is 5. The van der Waals surface area contributed by atoms with Crippen molar-refractivity contribution in [3.63, 3.8) is 0 Å². The largest absolute Gasteiger partial charge is 0.504 e. The monoisotopic (exact) mass is 450 g/mol. The van der Waals surface area contributed by atoms with Gasteiger partial charge in [-0.3, -0.25) is 4.79 Å². The predicted octanol–water partition coefficient (Wildman–Crippen LogP) is 4.86. The molecule has 3 aromatic rings. The Hall–Kier alpha value is -4.13. The number of phenolic OH excluding ortho intramolecular Hbond substituents is 1. The molecule has 0 saturated carbocycles. The minimum Gasteiger partial charge on any atom is -0.504 e. The molecule has 0 heterocycles. The molecule has 0 saturated heterocycles. The lowest BCUT2D eigenvalue weighted by Gasteiger charge is -2.15. The summed E-state index contributed by atoms with van der Waals surface area (Å²) in [6.45, 7) is 0. The third-order valence-electron chi connectivity index (χ3n) is 5.09. The van der Waals surface area contributed by atoms with Crippen LogP contribution < -0.4 is 23.7 Å². The molecule has 33 heavy (non-hydrogen) atoms. The van der Waals surface area contributed by atoms with Gasteiger partial charge in [0.05, 0.1) is 35.5 Å². The summed E-state index contributed by atoms with van der Waals surface area (Å²) in [5.74, 6) is 1.85. The van der Waals surface area contributed by atoms with Crippen LogP contribution in [-0.2, 0) is 0 Å². The van der Waals surface area contributed by atoms with Gasteiger partial charge in [0.15, 0.2) is 28.8 Å². The van der Waals surface area contributed by atoms with Gasteiger partial charge in [0.2, 0.25) is 5.75 Å². The van der Waals surface area contributed by atoms with Crippen LogP contribution in [0.2, 0.25) is 0 Å². The Morgan fingerprint density at radius 3 is 1.79 bits per heavy atom. The summed E-state index contributed by atoms with van der Waals surface area (Å²) in [4.78, 5) is 13.7. The number of hydrogen-bond donors (Lipinski definition) is 1. The van der Waals surface area contributed by atoms with Gasteiger partial charge in [-0.2, -0.15) is 0 Å². The Labute approximate surface area is 192 Å². The highest BCUT2D eigenvalue weighted by Crippen LogP contribution is 2.39. The van der Waals surface area contributed by atoms with Crippen LogP contribution in [0.15, 0.2) is 54.6 Å². The third-order valence-corrected chi connectivity index (χ3v) is 5.09. The molecule has 7 nitrogen and oxygen atoms in total. The van der Waals surface area contributed by atoms with Crippen LogP contribution in [0.1, 0.15) is 21.5 Å². The second-order valence-electron chi connectivity index (χ2n) is 6.96. The van der Waals surface area contributed by atoms with Crippen molar-refractivity contribution >= 4 is 17.4 Å². The van der Waals surface area contributed by atoms with E-state index in [0.29, 0.717) is 51.0 Å². The van der Waals surface area contributed by atoms with Crippen LogP contribution in [0.5, 0.6) is 34.5 Å². The second-order valence-corrected chi connectivity index (χ2v) is 6.96. The van der Waals surface area contributed by atoms with Gasteiger partial charge < -0.3 is 28.8 Å². The van der Waals surface area contributed by atoms with Crippen LogP contribution >= 0.6 is 0 Å². The van der Waals surface area contributed by atoms with Crippen LogP contribution in [0.25, 0.3) is 11.6 Å². The molecule has 0 bridgehead atoms. The van der Waals surface area contributed by atoms with Crippen LogP contribution in [0.4, 0.5) is 0 Å². The van der Waals surface area contributed by atoms with Gasteiger partial charge in [-0.05, 0) is 53.6 Å². The van der Waals surface area contributed by atoms with Crippen molar-refractivity contribution < 1.29 is 33.6 Å². The summed E-state index contributed by atoms with van der Waals surface area (Å²) in [5, 5.41) is 10.2. The first-order valence-corrected chi connectivity index (χ1v) is 10.0. The van der Waals surface area contributed by atoms with Crippen molar-refractivity contribution in [1.82, 2.24) is 0 Å². The molecule has 0 fully saturated rings. The molecule has 0 amide bonds. The molecule has 0 spiro atoms. The molecule has 1 N–H and O–H groups in total. The Balaban J connectivity index is 2.16. The van der Waals surface area contributed by atoms with E-state index in [2.05, 4.69) is 0 Å². The first kappa shape index (κ1) is 23.5. The number of methoxy groups -OCH3 is 5. The van der Waals surface area contributed by atoms with Crippen molar-refractivity contribution in [2.45, 2.75) is 0 Å². The maximum atomic E-state index is 13.7. The van der Waals surface area contributed by atoms with Gasteiger partial charge >= 0.3 is 0 Å². The number of rotatable bonds is 9. The van der Waals surface area contributed by atoms with Gasteiger partial charge in [-0.1, -0.05) is 18.2 Å². The lowest BCUT2D eigenvalue weighted by atomic mass is 9.94. The van der Waals surface area contributed by atoms with Gasteiger partial charge in [0.1, 0.15) is 5.75 Å². The van der Waals surface area contributed by atoms with Crippen molar-refractivity contribution in [2.24, 2.45) is 0 Å². The molecule has 0 atom stereocenters. The number of aromatic hydroxyl groups is 1. The van der Waals surface area contributed by atoms with E-state index in [1.54, 1.807) is 61.7 Å². The summed E-state index contributed by atoms with van der Waals surface area (Å²) >= 11 is 0. The molecule has 3 rings (SSSR count). The molecule has 172 valence electrons. The number of hydrogen-bond acceptors (Lipinski definition) is 7. The molecular weight excluding hydrogens is 424 g/mol. The Kier molecular flexibility index (Phi) is 7.46. The van der Waals surface area contributed by atoms with Crippen molar-refractivity contribution in [2.75, 3.05) is 35.5 Å². The number of allylic oxidation sites excluding steroid dienone is 1. The molecule has 7 heteroatoms. The number of phenols is 1. The maximum absolute atomic E-state index is 13.7. The van der Waals surface area contributed by atoms with Crippen molar-refractivity contribution in [1.29, 1.82) is 0 Å². The molecule has 0 aliphatic carbocycles. The standard InChI is InChI=1S/C26H26O7/c1-29-19-9-7-17(8-10-19)20(12-16-6-11-22(30-2)21(27)13-16)25(28)18-14-23(31-3)26(33-5)24(15-18)32-4/h6-15,27H,1-5H3. The maximum Gasteiger partial charge on any atom is 0.203 e. The summed E-state index contributed by atoms with van der Waals surface area (Å²) in [6.07, 6.45) is 1.70. The molecule has 0 aliphatic rings. The Morgan fingerprint density at radius 1 is 0.697 bits per heavy atom. The van der Waals surface area contributed by atoms with E-state index in [1.165, 1.54) is 34.5 Å². The summed E-state index contributed by atoms with van der Waals surface area (Å²) in [7, 11) is 7.53. The fraction of sp³-hybridized carbons (Fsp3) is 0.192. The molecular formula is C26H26O7. The van der Waals surface area contributed by atoms with E-state index in [1.807, 2.05) is 0 Å². The van der Waals surface area contributed by atoms with E-state index in [0.717, 1.165) is 0 Å². The number of Topliss-reactive ketones (excluding diaryl/α,β-unsaturated/α-hetero) is 1. The molecule has 0 aromatic heterocycles. The van der Waals surface area contributed by atoms with E-state index in [-0.39, 0.29) is 11.5 Å². The Morgan fingerprint density at radius 2 is 1.30 bits per heavy atom. The van der Waals surface area contributed by atoms with Gasteiger partial charge in [0.25, 0.3) is 0 Å². The first-order valence-electron chi connectivity index (χ1n) is 10.0. The summed E-state index contributed by atoms with van der Waals surface area (Å²) in [5.41, 5.74) is 2.05. The SMILES string of the molecule is COc1ccc(C(=Cc2ccc(OC)c(O)c2)C(=O)c2cc(OC)c(OC)c(OC)c2)cc1. The Bertz CT molecular complexity index is 1140. The zero-order valence-corrected chi connectivity index (χ0v) is 19.2. The number of carbonyl (C=O) groups is 1. The van der Waals surface area contributed by atoms with E-state index in [4.69, 9.17) is 23.7 Å². The van der Waals surface area contributed by atoms with E-state index in [9.17, 15) is 9.90 Å². The molecule has 3 aromatic carbocycles. The lowest BCUT2D eigenvalue weighted by molar-refractivity contribution is 0.105. The van der Waals surface area contributed by atoms with Crippen molar-refractivity contribution in [3.8, 4) is 34.5 Å². The second kappa shape index (κ2) is 10.5. The quantitative estimate of drug-likeness (QED) is 0.283. The minimum absolute atomic E-state index is 0.0273. The first-order chi connectivity index (χ1) is 15.9. The summed E-state index contributed by atoms with van der Waals surface area (Å²) in [6, 6.07) is 15.3. The van der Waals surface area contributed by atoms with E-state index < -0.39 is 0 Å². The van der Waals surface area contributed by atoms with Crippen LogP contribution in [0, 0.1) is 0 Å². The topological polar surface area (TPSA) is 83.5 Å². The van der Waals surface area contributed by atoms with E-state index >= 15 is 0 Å². The third kappa shape index (κ3) is 5.03. The summed E-state index contributed by atoms with van der Waals surface area (Å²) < 4.78 is 26.5.